The van der Waals surface area contributed by atoms with Crippen molar-refractivity contribution >= 4 is 19.8 Å². The van der Waals surface area contributed by atoms with Gasteiger partial charge in [0.1, 0.15) is 19.8 Å². The number of hydrogen-bond donors (Lipinski definition) is 0. The van der Waals surface area contributed by atoms with E-state index in [4.69, 9.17) is 18.5 Å². The fourth-order valence-electron chi connectivity index (χ4n) is 10.3. The van der Waals surface area contributed by atoms with Crippen molar-refractivity contribution in [3.8, 4) is 0 Å². The number of carbonyl (C=O) groups is 2. The average molecular weight is 1200 g/mol. The van der Waals surface area contributed by atoms with Crippen LogP contribution >= 0.6 is 7.82 Å². The van der Waals surface area contributed by atoms with Gasteiger partial charge in [0, 0.05) is 12.8 Å². The number of esters is 2. The van der Waals surface area contributed by atoms with Crippen LogP contribution in [0, 0.1) is 0 Å². The van der Waals surface area contributed by atoms with E-state index in [0.29, 0.717) is 17.4 Å². The standard InChI is InChI=1S/C74H136NO8P/c1-6-8-10-12-14-16-18-20-22-24-26-28-30-31-32-33-34-35-36-37-38-39-40-41-42-43-45-47-49-51-53-55-57-59-61-63-65-67-74(77)83-72(71-82-84(78,79)81-69-68-75(3,4)5)70-80-73(76)66-64-62-60-58-56-54-52-50-48-46-44-29-27-25-23-21-19-17-15-13-11-9-7-2/h8,10,14,16,20,22,25-28,31-32,72H,6-7,9,11-13,15,17-19,21,23-24,29-30,33-71H2,1-5H3/b10-8-,16-14-,22-20-,27-25-,28-26-,32-31-. The van der Waals surface area contributed by atoms with Gasteiger partial charge in [-0.3, -0.25) is 14.2 Å². The molecule has 9 nitrogen and oxygen atoms in total. The largest absolute Gasteiger partial charge is 0.756 e. The van der Waals surface area contributed by atoms with Gasteiger partial charge < -0.3 is 27.9 Å². The molecule has 0 aromatic rings. The lowest BCUT2D eigenvalue weighted by atomic mass is 10.0. The number of rotatable bonds is 66. The van der Waals surface area contributed by atoms with Crippen LogP contribution in [0.3, 0.4) is 0 Å². The maximum atomic E-state index is 12.9. The normalized spacial score (nSPS) is 13.5. The van der Waals surface area contributed by atoms with E-state index in [1.807, 2.05) is 21.1 Å². The van der Waals surface area contributed by atoms with E-state index in [9.17, 15) is 19.0 Å². The highest BCUT2D eigenvalue weighted by atomic mass is 31.2. The number of carbonyl (C=O) groups excluding carboxylic acids is 2. The van der Waals surface area contributed by atoms with E-state index in [0.717, 1.165) is 70.6 Å². The summed E-state index contributed by atoms with van der Waals surface area (Å²) < 4.78 is 34.3. The number of phosphoric acid groups is 1. The predicted molar refractivity (Wildman–Crippen MR) is 360 cm³/mol. The van der Waals surface area contributed by atoms with Crippen LogP contribution in [0.2, 0.25) is 0 Å². The maximum absolute atomic E-state index is 12.9. The van der Waals surface area contributed by atoms with Gasteiger partial charge in [0.2, 0.25) is 0 Å². The minimum absolute atomic E-state index is 0.0301. The van der Waals surface area contributed by atoms with Crippen LogP contribution in [0.25, 0.3) is 0 Å². The summed E-state index contributed by atoms with van der Waals surface area (Å²) in [4.78, 5) is 38.1. The van der Waals surface area contributed by atoms with Gasteiger partial charge in [0.25, 0.3) is 7.82 Å². The van der Waals surface area contributed by atoms with Gasteiger partial charge in [-0.05, 0) is 83.5 Å². The zero-order chi connectivity index (χ0) is 61.2. The Labute approximate surface area is 520 Å². The van der Waals surface area contributed by atoms with E-state index in [1.54, 1.807) is 0 Å². The summed E-state index contributed by atoms with van der Waals surface area (Å²) in [5, 5.41) is 0. The van der Waals surface area contributed by atoms with Crippen LogP contribution in [-0.4, -0.2) is 70.0 Å². The molecule has 2 unspecified atom stereocenters. The van der Waals surface area contributed by atoms with Crippen molar-refractivity contribution in [1.29, 1.82) is 0 Å². The number of phosphoric ester groups is 1. The maximum Gasteiger partial charge on any atom is 0.306 e. The zero-order valence-electron chi connectivity index (χ0n) is 55.8. The Balaban J connectivity index is 3.97. The number of quaternary nitrogens is 1. The lowest BCUT2D eigenvalue weighted by Crippen LogP contribution is -2.37. The molecule has 84 heavy (non-hydrogen) atoms. The third-order valence-electron chi connectivity index (χ3n) is 15.7. The smallest absolute Gasteiger partial charge is 0.306 e. The summed E-state index contributed by atoms with van der Waals surface area (Å²) in [6.07, 6.45) is 87.0. The van der Waals surface area contributed by atoms with Crippen LogP contribution in [0.15, 0.2) is 72.9 Å². The molecule has 10 heteroatoms. The van der Waals surface area contributed by atoms with Crippen molar-refractivity contribution in [2.45, 2.75) is 341 Å². The highest BCUT2D eigenvalue weighted by Crippen LogP contribution is 2.38. The molecule has 2 atom stereocenters. The minimum Gasteiger partial charge on any atom is -0.756 e. The Morgan fingerprint density at radius 1 is 0.381 bits per heavy atom. The van der Waals surface area contributed by atoms with Crippen molar-refractivity contribution in [3.63, 3.8) is 0 Å². The molecule has 0 saturated carbocycles. The van der Waals surface area contributed by atoms with E-state index in [1.165, 1.54) is 231 Å². The first-order valence-electron chi connectivity index (χ1n) is 35.6. The Morgan fingerprint density at radius 2 is 0.679 bits per heavy atom. The van der Waals surface area contributed by atoms with Gasteiger partial charge in [-0.1, -0.05) is 311 Å². The minimum atomic E-state index is -4.64. The SMILES string of the molecule is CC/C=C\C/C=C\C/C=C\C/C=C\C/C=C\CCCCCCCCCCCCCCCCCCCCCCCC(=O)OC(COC(=O)CCCCCCCCCCCCC/C=C\CCCCCCCCCC)COP(=O)([O-])OCC[N+](C)(C)C. The summed E-state index contributed by atoms with van der Waals surface area (Å²) in [5.74, 6) is -0.818. The molecule has 0 radical (unpaired) electrons. The van der Waals surface area contributed by atoms with E-state index < -0.39 is 26.5 Å². The van der Waals surface area contributed by atoms with Crippen molar-refractivity contribution < 1.29 is 42.1 Å². The van der Waals surface area contributed by atoms with Gasteiger partial charge in [0.05, 0.1) is 27.7 Å². The molecule has 0 N–H and O–H groups in total. The van der Waals surface area contributed by atoms with E-state index in [-0.39, 0.29) is 32.0 Å². The quantitative estimate of drug-likeness (QED) is 0.0195. The Kier molecular flexibility index (Phi) is 62.9. The second kappa shape index (κ2) is 64.9. The second-order valence-electron chi connectivity index (χ2n) is 25.2. The van der Waals surface area contributed by atoms with Gasteiger partial charge in [-0.25, -0.2) is 0 Å². The molecule has 0 aliphatic heterocycles. The molecule has 0 aliphatic rings. The molecule has 0 amide bonds. The number of likely N-dealkylation sites (N-methyl/N-ethyl adjacent to an activating group) is 1. The van der Waals surface area contributed by atoms with Crippen molar-refractivity contribution in [3.05, 3.63) is 72.9 Å². The van der Waals surface area contributed by atoms with Crippen LogP contribution in [0.4, 0.5) is 0 Å². The molecular weight excluding hydrogens is 1060 g/mol. The lowest BCUT2D eigenvalue weighted by molar-refractivity contribution is -0.870. The third kappa shape index (κ3) is 68.6. The summed E-state index contributed by atoms with van der Waals surface area (Å²) >= 11 is 0. The van der Waals surface area contributed by atoms with Crippen molar-refractivity contribution in [2.24, 2.45) is 0 Å². The molecular formula is C74H136NO8P. The van der Waals surface area contributed by atoms with Crippen LogP contribution in [0.1, 0.15) is 335 Å². The third-order valence-corrected chi connectivity index (χ3v) is 16.7. The molecule has 0 fully saturated rings. The fraction of sp³-hybridized carbons (Fsp3) is 0.811. The number of hydrogen-bond acceptors (Lipinski definition) is 8. The van der Waals surface area contributed by atoms with Crippen LogP contribution in [0.5, 0.6) is 0 Å². The highest BCUT2D eigenvalue weighted by Gasteiger charge is 2.22. The van der Waals surface area contributed by atoms with Gasteiger partial charge in [-0.15, -0.1) is 0 Å². The highest BCUT2D eigenvalue weighted by molar-refractivity contribution is 7.45. The first-order valence-corrected chi connectivity index (χ1v) is 37.1. The van der Waals surface area contributed by atoms with Crippen LogP contribution < -0.4 is 4.89 Å². The molecule has 0 aromatic carbocycles. The number of ether oxygens (including phenoxy) is 2. The molecule has 0 rings (SSSR count). The molecule has 0 aliphatic carbocycles. The zero-order valence-corrected chi connectivity index (χ0v) is 56.7. The molecule has 0 spiro atoms. The summed E-state index contributed by atoms with van der Waals surface area (Å²) in [6, 6.07) is 0. The lowest BCUT2D eigenvalue weighted by Gasteiger charge is -2.28. The predicted octanol–water partition coefficient (Wildman–Crippen LogP) is 22.5. The molecule has 0 aromatic heterocycles. The molecule has 490 valence electrons. The fourth-order valence-corrected chi connectivity index (χ4v) is 11.0. The molecule has 0 heterocycles. The van der Waals surface area contributed by atoms with E-state index >= 15 is 0 Å². The average Bonchev–Trinajstić information content (AvgIpc) is 3.61. The van der Waals surface area contributed by atoms with Crippen molar-refractivity contribution in [1.82, 2.24) is 0 Å². The number of allylic oxidation sites excluding steroid dienone is 12. The Morgan fingerprint density at radius 3 is 1.02 bits per heavy atom. The summed E-state index contributed by atoms with van der Waals surface area (Å²) in [5.41, 5.74) is 0. The Hall–Kier alpha value is -2.55. The summed E-state index contributed by atoms with van der Waals surface area (Å²) in [6.45, 7) is 4.18. The first kappa shape index (κ1) is 81.5. The van der Waals surface area contributed by atoms with Gasteiger partial charge in [-0.2, -0.15) is 0 Å². The first-order chi connectivity index (χ1) is 41.0. The topological polar surface area (TPSA) is 111 Å². The second-order valence-corrected chi connectivity index (χ2v) is 26.6. The Bertz CT molecular complexity index is 1650. The van der Waals surface area contributed by atoms with Gasteiger partial charge >= 0.3 is 11.9 Å². The number of unbranched alkanes of at least 4 members (excludes halogenated alkanes) is 40. The number of nitrogens with zero attached hydrogens (tertiary/aromatic N) is 1. The molecule has 0 bridgehead atoms. The van der Waals surface area contributed by atoms with Gasteiger partial charge in [0.15, 0.2) is 6.10 Å². The van der Waals surface area contributed by atoms with Crippen molar-refractivity contribution in [2.75, 3.05) is 47.5 Å². The van der Waals surface area contributed by atoms with E-state index in [2.05, 4.69) is 86.8 Å². The van der Waals surface area contributed by atoms with Crippen LogP contribution in [-0.2, 0) is 32.7 Å². The monoisotopic (exact) mass is 1200 g/mol. The molecule has 0 saturated heterocycles. The summed E-state index contributed by atoms with van der Waals surface area (Å²) in [7, 11) is 1.18.